The molecule has 1 aliphatic rings. The third-order valence-electron chi connectivity index (χ3n) is 3.48. The fourth-order valence-electron chi connectivity index (χ4n) is 1.93. The van der Waals surface area contributed by atoms with Crippen LogP contribution in [0.5, 0.6) is 0 Å². The molecule has 0 aromatic carbocycles. The van der Waals surface area contributed by atoms with Gasteiger partial charge in [-0.25, -0.2) is 0 Å². The molecule has 0 radical (unpaired) electrons. The highest BCUT2D eigenvalue weighted by molar-refractivity contribution is 5.89. The van der Waals surface area contributed by atoms with Crippen LogP contribution < -0.4 is 0 Å². The zero-order valence-corrected chi connectivity index (χ0v) is 11.7. The van der Waals surface area contributed by atoms with Gasteiger partial charge in [-0.1, -0.05) is 17.7 Å². The van der Waals surface area contributed by atoms with E-state index in [9.17, 15) is 4.79 Å². The lowest BCUT2D eigenvalue weighted by Gasteiger charge is -2.18. The van der Waals surface area contributed by atoms with Gasteiger partial charge in [-0.3, -0.25) is 4.79 Å². The number of allylic oxidation sites excluding steroid dienone is 3. The van der Waals surface area contributed by atoms with Crippen LogP contribution in [-0.2, 0) is 9.53 Å². The lowest BCUT2D eigenvalue weighted by molar-refractivity contribution is -0.129. The Hall–Kier alpha value is -0.890. The third kappa shape index (κ3) is 3.81. The molecule has 17 heavy (non-hydrogen) atoms. The van der Waals surface area contributed by atoms with Crippen molar-refractivity contribution in [2.24, 2.45) is 0 Å². The first-order valence-corrected chi connectivity index (χ1v) is 6.36. The number of hydrogen-bond acceptors (Lipinski definition) is 2. The molecule has 0 spiro atoms. The summed E-state index contributed by atoms with van der Waals surface area (Å²) in [5.74, 6) is 0.208. The molecule has 0 amide bonds. The van der Waals surface area contributed by atoms with Crippen molar-refractivity contribution in [2.45, 2.75) is 65.6 Å². The normalized spacial score (nSPS) is 25.5. The number of carbonyl (C=O) groups is 1. The summed E-state index contributed by atoms with van der Waals surface area (Å²) in [6.45, 7) is 9.97. The molecule has 0 saturated carbocycles. The highest BCUT2D eigenvalue weighted by atomic mass is 16.5. The van der Waals surface area contributed by atoms with E-state index in [2.05, 4.69) is 32.9 Å². The molecule has 0 aliphatic carbocycles. The largest absolute Gasteiger partial charge is 0.360 e. The molecule has 0 bridgehead atoms. The van der Waals surface area contributed by atoms with Gasteiger partial charge in [0, 0.05) is 6.42 Å². The third-order valence-corrected chi connectivity index (χ3v) is 3.48. The Morgan fingerprint density at radius 2 is 2.12 bits per heavy atom. The topological polar surface area (TPSA) is 26.3 Å². The van der Waals surface area contributed by atoms with Crippen LogP contribution in [0, 0.1) is 0 Å². The Labute approximate surface area is 105 Å². The Balaban J connectivity index is 2.52. The number of carbonyl (C=O) groups excluding carboxylic acids is 1. The summed E-state index contributed by atoms with van der Waals surface area (Å²) in [4.78, 5) is 11.7. The number of rotatable bonds is 4. The zero-order valence-electron chi connectivity index (χ0n) is 11.7. The maximum Gasteiger partial charge on any atom is 0.167 e. The summed E-state index contributed by atoms with van der Waals surface area (Å²) in [7, 11) is 0. The molecule has 96 valence electrons. The van der Waals surface area contributed by atoms with Gasteiger partial charge >= 0.3 is 0 Å². The summed E-state index contributed by atoms with van der Waals surface area (Å²) in [5.41, 5.74) is 1.99. The molecule has 1 heterocycles. The van der Waals surface area contributed by atoms with Gasteiger partial charge in [0.25, 0.3) is 0 Å². The van der Waals surface area contributed by atoms with Gasteiger partial charge in [0.1, 0.15) is 5.60 Å². The number of ether oxygens (including phenoxy) is 1. The van der Waals surface area contributed by atoms with Crippen molar-refractivity contribution >= 4 is 5.78 Å². The van der Waals surface area contributed by atoms with Crippen molar-refractivity contribution in [3.63, 3.8) is 0 Å². The lowest BCUT2D eigenvalue weighted by atomic mass is 10.0. The molecule has 0 aromatic heterocycles. The van der Waals surface area contributed by atoms with E-state index in [1.165, 1.54) is 11.1 Å². The molecule has 1 aliphatic heterocycles. The molecule has 1 atom stereocenters. The molecular formula is C15H24O2. The second kappa shape index (κ2) is 5.63. The van der Waals surface area contributed by atoms with Crippen LogP contribution in [0.25, 0.3) is 0 Å². The van der Waals surface area contributed by atoms with Crippen LogP contribution in [0.3, 0.4) is 0 Å². The van der Waals surface area contributed by atoms with E-state index >= 15 is 0 Å². The number of hydrogen-bond donors (Lipinski definition) is 0. The maximum atomic E-state index is 11.7. The van der Waals surface area contributed by atoms with Crippen LogP contribution in [-0.4, -0.2) is 17.5 Å². The van der Waals surface area contributed by atoms with E-state index in [4.69, 9.17) is 4.74 Å². The van der Waals surface area contributed by atoms with E-state index in [1.54, 1.807) is 0 Å². The van der Waals surface area contributed by atoms with Gasteiger partial charge < -0.3 is 4.74 Å². The van der Waals surface area contributed by atoms with Crippen LogP contribution in [0.2, 0.25) is 0 Å². The summed E-state index contributed by atoms with van der Waals surface area (Å²) in [6.07, 6.45) is 6.96. The van der Waals surface area contributed by atoms with Crippen molar-refractivity contribution in [3.8, 4) is 0 Å². The maximum absolute atomic E-state index is 11.7. The fourth-order valence-corrected chi connectivity index (χ4v) is 1.93. The summed E-state index contributed by atoms with van der Waals surface area (Å²) in [5, 5.41) is 0. The summed E-state index contributed by atoms with van der Waals surface area (Å²) < 4.78 is 5.77. The van der Waals surface area contributed by atoms with Gasteiger partial charge in [-0.15, -0.1) is 0 Å². The molecule has 1 fully saturated rings. The fraction of sp³-hybridized carbons (Fsp3) is 0.667. The van der Waals surface area contributed by atoms with E-state index in [0.29, 0.717) is 6.42 Å². The predicted molar refractivity (Wildman–Crippen MR) is 71.0 cm³/mol. The Morgan fingerprint density at radius 3 is 2.59 bits per heavy atom. The smallest absolute Gasteiger partial charge is 0.167 e. The van der Waals surface area contributed by atoms with Gasteiger partial charge in [-0.2, -0.15) is 0 Å². The predicted octanol–water partition coefficient (Wildman–Crippen LogP) is 3.82. The van der Waals surface area contributed by atoms with Gasteiger partial charge in [0.2, 0.25) is 0 Å². The van der Waals surface area contributed by atoms with E-state index in [-0.39, 0.29) is 11.9 Å². The lowest BCUT2D eigenvalue weighted by Crippen LogP contribution is -2.27. The van der Waals surface area contributed by atoms with Crippen LogP contribution in [0.1, 0.15) is 53.9 Å². The molecular weight excluding hydrogens is 212 g/mol. The molecule has 0 N–H and O–H groups in total. The van der Waals surface area contributed by atoms with Crippen molar-refractivity contribution in [1.29, 1.82) is 0 Å². The first-order valence-electron chi connectivity index (χ1n) is 6.36. The van der Waals surface area contributed by atoms with Crippen molar-refractivity contribution in [2.75, 3.05) is 0 Å². The van der Waals surface area contributed by atoms with E-state index in [1.807, 2.05) is 13.8 Å². The minimum Gasteiger partial charge on any atom is -0.360 e. The zero-order chi connectivity index (χ0) is 13.1. The summed E-state index contributed by atoms with van der Waals surface area (Å²) in [6, 6.07) is 0. The SMILES string of the molecule is CC=C(C)CCC=C(C)C1CC(=O)C(C)(C)O1. The molecule has 1 saturated heterocycles. The van der Waals surface area contributed by atoms with Crippen LogP contribution in [0.4, 0.5) is 0 Å². The first-order chi connectivity index (χ1) is 7.86. The summed E-state index contributed by atoms with van der Waals surface area (Å²) >= 11 is 0. The molecule has 0 aromatic rings. The Morgan fingerprint density at radius 1 is 1.47 bits per heavy atom. The molecule has 2 nitrogen and oxygen atoms in total. The van der Waals surface area contributed by atoms with Crippen molar-refractivity contribution in [3.05, 3.63) is 23.3 Å². The first kappa shape index (κ1) is 14.2. The average Bonchev–Trinajstić information content (AvgIpc) is 2.53. The standard InChI is InChI=1S/C15H24O2/c1-6-11(2)8-7-9-12(3)13-10-14(16)15(4,5)17-13/h6,9,13H,7-8,10H2,1-5H3. The van der Waals surface area contributed by atoms with Crippen LogP contribution in [0.15, 0.2) is 23.3 Å². The highest BCUT2D eigenvalue weighted by Crippen LogP contribution is 2.30. The van der Waals surface area contributed by atoms with Crippen molar-refractivity contribution in [1.82, 2.24) is 0 Å². The average molecular weight is 236 g/mol. The quantitative estimate of drug-likeness (QED) is 0.694. The number of ketones is 1. The highest BCUT2D eigenvalue weighted by Gasteiger charge is 2.40. The second-order valence-corrected chi connectivity index (χ2v) is 5.37. The van der Waals surface area contributed by atoms with E-state index < -0.39 is 5.60 Å². The molecule has 2 heteroatoms. The van der Waals surface area contributed by atoms with Crippen LogP contribution >= 0.6 is 0 Å². The number of Topliss-reactive ketones (excluding diaryl/α,β-unsaturated/α-hetero) is 1. The second-order valence-electron chi connectivity index (χ2n) is 5.37. The van der Waals surface area contributed by atoms with Gasteiger partial charge in [-0.05, 0) is 53.0 Å². The monoisotopic (exact) mass is 236 g/mol. The van der Waals surface area contributed by atoms with E-state index in [0.717, 1.165) is 12.8 Å². The minimum absolute atomic E-state index is 0.0107. The van der Waals surface area contributed by atoms with Gasteiger partial charge in [0.15, 0.2) is 5.78 Å². The minimum atomic E-state index is -0.598. The molecule has 1 rings (SSSR count). The molecule has 1 unspecified atom stereocenters. The Kier molecular flexibility index (Phi) is 4.70. The van der Waals surface area contributed by atoms with Crippen molar-refractivity contribution < 1.29 is 9.53 Å². The van der Waals surface area contributed by atoms with Gasteiger partial charge in [0.05, 0.1) is 6.10 Å². The Bertz CT molecular complexity index is 348.